The van der Waals surface area contributed by atoms with Crippen molar-refractivity contribution in [3.63, 3.8) is 0 Å². The summed E-state index contributed by atoms with van der Waals surface area (Å²) < 4.78 is 0. The second-order valence-corrected chi connectivity index (χ2v) is 3.83. The van der Waals surface area contributed by atoms with E-state index in [4.69, 9.17) is 5.73 Å². The summed E-state index contributed by atoms with van der Waals surface area (Å²) in [6.07, 6.45) is 3.77. The number of amides is 2. The van der Waals surface area contributed by atoms with Crippen molar-refractivity contribution in [1.82, 2.24) is 5.43 Å². The molecule has 0 unspecified atom stereocenters. The summed E-state index contributed by atoms with van der Waals surface area (Å²) in [6, 6.07) is 4.69. The standard InChI is InChI=1S/C11H13N3O2/c12-11(16)14-13-6-9-5-8(7-1-2-7)3-4-10(9)15/h3-7,15H,1-2H2,(H3,12,14,16). The van der Waals surface area contributed by atoms with Crippen molar-refractivity contribution >= 4 is 12.2 Å². The molecule has 0 saturated heterocycles. The third-order valence-corrected chi connectivity index (χ3v) is 2.48. The maximum atomic E-state index is 10.4. The summed E-state index contributed by atoms with van der Waals surface area (Å²) >= 11 is 0. The molecule has 1 aliphatic carbocycles. The van der Waals surface area contributed by atoms with Gasteiger partial charge >= 0.3 is 6.03 Å². The SMILES string of the molecule is NC(=O)NN=Cc1cc(C2CC2)ccc1O. The van der Waals surface area contributed by atoms with Crippen LogP contribution in [0.1, 0.15) is 29.9 Å². The minimum absolute atomic E-state index is 0.138. The highest BCUT2D eigenvalue weighted by molar-refractivity contribution is 5.84. The van der Waals surface area contributed by atoms with E-state index in [1.807, 2.05) is 12.1 Å². The second kappa shape index (κ2) is 4.22. The number of urea groups is 1. The number of nitrogens with one attached hydrogen (secondary N) is 1. The number of aromatic hydroxyl groups is 1. The van der Waals surface area contributed by atoms with E-state index >= 15 is 0 Å². The van der Waals surface area contributed by atoms with Crippen molar-refractivity contribution in [1.29, 1.82) is 0 Å². The summed E-state index contributed by atoms with van der Waals surface area (Å²) in [7, 11) is 0. The maximum absolute atomic E-state index is 10.4. The smallest absolute Gasteiger partial charge is 0.332 e. The highest BCUT2D eigenvalue weighted by Crippen LogP contribution is 2.40. The molecule has 84 valence electrons. The van der Waals surface area contributed by atoms with E-state index in [9.17, 15) is 9.90 Å². The fourth-order valence-corrected chi connectivity index (χ4v) is 1.51. The fraction of sp³-hybridized carbons (Fsp3) is 0.273. The number of carbonyl (C=O) groups is 1. The summed E-state index contributed by atoms with van der Waals surface area (Å²) in [5.41, 5.74) is 8.71. The van der Waals surface area contributed by atoms with Gasteiger partial charge in [0.05, 0.1) is 6.21 Å². The zero-order chi connectivity index (χ0) is 11.5. The number of hydrazone groups is 1. The van der Waals surface area contributed by atoms with Crippen molar-refractivity contribution in [2.24, 2.45) is 10.8 Å². The number of hydrogen-bond acceptors (Lipinski definition) is 3. The van der Waals surface area contributed by atoms with Crippen LogP contribution in [0, 0.1) is 0 Å². The third kappa shape index (κ3) is 2.50. The molecule has 0 radical (unpaired) electrons. The lowest BCUT2D eigenvalue weighted by Crippen LogP contribution is -2.24. The van der Waals surface area contributed by atoms with Crippen LogP contribution in [0.5, 0.6) is 5.75 Å². The monoisotopic (exact) mass is 219 g/mol. The number of primary amides is 1. The van der Waals surface area contributed by atoms with Gasteiger partial charge in [0.25, 0.3) is 0 Å². The Morgan fingerprint density at radius 2 is 2.31 bits per heavy atom. The van der Waals surface area contributed by atoms with Crippen LogP contribution in [0.2, 0.25) is 0 Å². The summed E-state index contributed by atoms with van der Waals surface area (Å²) in [4.78, 5) is 10.4. The first-order chi connectivity index (χ1) is 7.66. The maximum Gasteiger partial charge on any atom is 0.332 e. The Balaban J connectivity index is 2.14. The van der Waals surface area contributed by atoms with Gasteiger partial charge in [-0.3, -0.25) is 0 Å². The van der Waals surface area contributed by atoms with Gasteiger partial charge < -0.3 is 10.8 Å². The van der Waals surface area contributed by atoms with Crippen LogP contribution in [0.4, 0.5) is 4.79 Å². The Labute approximate surface area is 93.0 Å². The van der Waals surface area contributed by atoms with E-state index in [1.54, 1.807) is 6.07 Å². The van der Waals surface area contributed by atoms with Crippen LogP contribution in [0.3, 0.4) is 0 Å². The van der Waals surface area contributed by atoms with Crippen LogP contribution >= 0.6 is 0 Å². The van der Waals surface area contributed by atoms with Gasteiger partial charge in [0.15, 0.2) is 0 Å². The molecule has 2 rings (SSSR count). The first-order valence-corrected chi connectivity index (χ1v) is 5.08. The van der Waals surface area contributed by atoms with Crippen LogP contribution < -0.4 is 11.2 Å². The Kier molecular flexibility index (Phi) is 2.76. The summed E-state index contributed by atoms with van der Waals surface area (Å²) in [5.74, 6) is 0.747. The second-order valence-electron chi connectivity index (χ2n) is 3.83. The first-order valence-electron chi connectivity index (χ1n) is 5.08. The number of nitrogens with two attached hydrogens (primary N) is 1. The lowest BCUT2D eigenvalue weighted by atomic mass is 10.1. The molecule has 1 aromatic carbocycles. The summed E-state index contributed by atoms with van der Waals surface area (Å²) in [6.45, 7) is 0. The minimum atomic E-state index is -0.728. The Morgan fingerprint density at radius 1 is 1.56 bits per heavy atom. The van der Waals surface area contributed by atoms with Crippen LogP contribution in [-0.4, -0.2) is 17.4 Å². The average Bonchev–Trinajstić information content (AvgIpc) is 3.04. The largest absolute Gasteiger partial charge is 0.507 e. The van der Waals surface area contributed by atoms with Crippen LogP contribution in [0.15, 0.2) is 23.3 Å². The van der Waals surface area contributed by atoms with E-state index in [-0.39, 0.29) is 5.75 Å². The van der Waals surface area contributed by atoms with E-state index in [1.165, 1.54) is 24.6 Å². The van der Waals surface area contributed by atoms with Crippen LogP contribution in [-0.2, 0) is 0 Å². The molecule has 4 N–H and O–H groups in total. The fourth-order valence-electron chi connectivity index (χ4n) is 1.51. The molecule has 0 aromatic heterocycles. The quantitative estimate of drug-likeness (QED) is 0.528. The van der Waals surface area contributed by atoms with Gasteiger partial charge in [-0.1, -0.05) is 6.07 Å². The molecule has 1 saturated carbocycles. The molecule has 1 aliphatic rings. The average molecular weight is 219 g/mol. The number of nitrogens with zero attached hydrogens (tertiary/aromatic N) is 1. The normalized spacial score (nSPS) is 15.2. The molecule has 16 heavy (non-hydrogen) atoms. The minimum Gasteiger partial charge on any atom is -0.507 e. The molecule has 2 amide bonds. The Hall–Kier alpha value is -2.04. The zero-order valence-corrected chi connectivity index (χ0v) is 8.68. The van der Waals surface area contributed by atoms with Crippen molar-refractivity contribution < 1.29 is 9.90 Å². The van der Waals surface area contributed by atoms with E-state index in [0.29, 0.717) is 11.5 Å². The molecule has 1 fully saturated rings. The van der Waals surface area contributed by atoms with Gasteiger partial charge in [0.1, 0.15) is 5.75 Å². The zero-order valence-electron chi connectivity index (χ0n) is 8.68. The van der Waals surface area contributed by atoms with E-state index < -0.39 is 6.03 Å². The third-order valence-electron chi connectivity index (χ3n) is 2.48. The van der Waals surface area contributed by atoms with E-state index in [2.05, 4.69) is 10.5 Å². The molecular weight excluding hydrogens is 206 g/mol. The van der Waals surface area contributed by atoms with Crippen LogP contribution in [0.25, 0.3) is 0 Å². The predicted molar refractivity (Wildman–Crippen MR) is 60.4 cm³/mol. The highest BCUT2D eigenvalue weighted by Gasteiger charge is 2.23. The molecule has 0 bridgehead atoms. The molecular formula is C11H13N3O2. The number of phenolic OH excluding ortho intramolecular Hbond substituents is 1. The lowest BCUT2D eigenvalue weighted by molar-refractivity contribution is 0.249. The summed E-state index contributed by atoms with van der Waals surface area (Å²) in [5, 5.41) is 13.2. The first kappa shape index (κ1) is 10.5. The van der Waals surface area contributed by atoms with Gasteiger partial charge in [0.2, 0.25) is 0 Å². The van der Waals surface area contributed by atoms with Gasteiger partial charge in [-0.05, 0) is 36.5 Å². The molecule has 0 spiro atoms. The van der Waals surface area contributed by atoms with Gasteiger partial charge in [0, 0.05) is 5.56 Å². The molecule has 1 aromatic rings. The van der Waals surface area contributed by atoms with Gasteiger partial charge in [-0.15, -0.1) is 0 Å². The molecule has 0 atom stereocenters. The van der Waals surface area contributed by atoms with Crippen molar-refractivity contribution in [2.75, 3.05) is 0 Å². The molecule has 5 nitrogen and oxygen atoms in total. The topological polar surface area (TPSA) is 87.7 Å². The van der Waals surface area contributed by atoms with Gasteiger partial charge in [-0.25, -0.2) is 10.2 Å². The molecule has 0 aliphatic heterocycles. The predicted octanol–water partition coefficient (Wildman–Crippen LogP) is 1.27. The number of phenols is 1. The molecule has 5 heteroatoms. The van der Waals surface area contributed by atoms with Crippen molar-refractivity contribution in [3.8, 4) is 5.75 Å². The Morgan fingerprint density at radius 3 is 2.94 bits per heavy atom. The number of hydrogen-bond donors (Lipinski definition) is 3. The molecule has 0 heterocycles. The van der Waals surface area contributed by atoms with Crippen molar-refractivity contribution in [3.05, 3.63) is 29.3 Å². The van der Waals surface area contributed by atoms with Crippen molar-refractivity contribution in [2.45, 2.75) is 18.8 Å². The highest BCUT2D eigenvalue weighted by atomic mass is 16.3. The number of benzene rings is 1. The Bertz CT molecular complexity index is 439. The van der Waals surface area contributed by atoms with E-state index in [0.717, 1.165) is 0 Å². The van der Waals surface area contributed by atoms with Gasteiger partial charge in [-0.2, -0.15) is 5.10 Å². The number of rotatable bonds is 3. The lowest BCUT2D eigenvalue weighted by Gasteiger charge is -2.02. The number of carbonyl (C=O) groups excluding carboxylic acids is 1.